The van der Waals surface area contributed by atoms with Gasteiger partial charge < -0.3 is 5.32 Å². The number of anilines is 1. The van der Waals surface area contributed by atoms with Gasteiger partial charge in [-0.1, -0.05) is 59.9 Å². The molecule has 0 radical (unpaired) electrons. The number of fused-ring (bicyclic) bond motifs is 2. The smallest absolute Gasteiger partial charge is 0.226 e. The lowest BCUT2D eigenvalue weighted by Gasteiger charge is -2.03. The monoisotopic (exact) mass is 418 g/mol. The molecule has 0 spiro atoms. The van der Waals surface area contributed by atoms with Crippen molar-refractivity contribution in [2.45, 2.75) is 31.4 Å². The maximum absolute atomic E-state index is 12.4. The Hall–Kier alpha value is -2.37. The Bertz CT molecular complexity index is 1180. The first-order valence-corrected chi connectivity index (χ1v) is 12.0. The zero-order valence-electron chi connectivity index (χ0n) is 16.1. The Kier molecular flexibility index (Phi) is 5.25. The second-order valence-corrected chi connectivity index (χ2v) is 9.57. The number of carbonyl (C=O) groups is 1. The fourth-order valence-corrected chi connectivity index (χ4v) is 5.92. The van der Waals surface area contributed by atoms with Crippen LogP contribution >= 0.6 is 23.1 Å². The quantitative estimate of drug-likeness (QED) is 0.363. The number of thiazole rings is 1. The van der Waals surface area contributed by atoms with Gasteiger partial charge in [0.1, 0.15) is 0 Å². The molecule has 4 aromatic rings. The van der Waals surface area contributed by atoms with Crippen molar-refractivity contribution in [3.63, 3.8) is 0 Å². The van der Waals surface area contributed by atoms with Crippen molar-refractivity contribution in [1.82, 2.24) is 4.98 Å². The molecule has 0 bridgehead atoms. The van der Waals surface area contributed by atoms with Crippen LogP contribution in [0.5, 0.6) is 0 Å². The van der Waals surface area contributed by atoms with E-state index in [2.05, 4.69) is 53.8 Å². The molecule has 1 amide bonds. The van der Waals surface area contributed by atoms with Crippen molar-refractivity contribution in [3.05, 3.63) is 71.3 Å². The molecule has 0 atom stereocenters. The molecule has 1 aromatic heterocycles. The highest BCUT2D eigenvalue weighted by molar-refractivity contribution is 7.98. The van der Waals surface area contributed by atoms with Crippen LogP contribution in [0.25, 0.3) is 21.0 Å². The van der Waals surface area contributed by atoms with Crippen LogP contribution in [0.2, 0.25) is 0 Å². The molecule has 5 rings (SSSR count). The average molecular weight is 419 g/mol. The summed E-state index contributed by atoms with van der Waals surface area (Å²) in [7, 11) is 0. The zero-order valence-corrected chi connectivity index (χ0v) is 17.7. The molecule has 0 aliphatic heterocycles. The van der Waals surface area contributed by atoms with E-state index >= 15 is 0 Å². The normalized spacial score (nSPS) is 12.7. The van der Waals surface area contributed by atoms with Crippen LogP contribution in [-0.2, 0) is 23.4 Å². The number of aromatic nitrogens is 1. The third-order valence-corrected chi connectivity index (χ3v) is 7.43. The third kappa shape index (κ3) is 3.89. The van der Waals surface area contributed by atoms with E-state index in [1.807, 2.05) is 17.8 Å². The second-order valence-electron chi connectivity index (χ2n) is 7.43. The van der Waals surface area contributed by atoms with Gasteiger partial charge in [-0.05, 0) is 53.2 Å². The van der Waals surface area contributed by atoms with Gasteiger partial charge in [-0.25, -0.2) is 4.98 Å². The Morgan fingerprint density at radius 3 is 2.83 bits per heavy atom. The van der Waals surface area contributed by atoms with Crippen LogP contribution in [0.4, 0.5) is 5.13 Å². The van der Waals surface area contributed by atoms with E-state index in [1.54, 1.807) is 11.3 Å². The van der Waals surface area contributed by atoms with E-state index in [0.29, 0.717) is 11.6 Å². The summed E-state index contributed by atoms with van der Waals surface area (Å²) in [5, 5.41) is 6.33. The van der Waals surface area contributed by atoms with E-state index in [-0.39, 0.29) is 5.91 Å². The standard InChI is InChI=1S/C24H22N2OS2/c27-21(10-5-13-28-15-16-6-2-1-3-7-16)25-24-26-23-19-9-4-8-17-11-12-18(22(17)19)14-20(23)29-24/h1-4,6-9,14H,5,10-13,15H2,(H,25,26,27). The third-order valence-electron chi connectivity index (χ3n) is 5.40. The predicted molar refractivity (Wildman–Crippen MR) is 125 cm³/mol. The van der Waals surface area contributed by atoms with Gasteiger partial charge in [0.05, 0.1) is 10.2 Å². The lowest BCUT2D eigenvalue weighted by atomic mass is 10.0. The number of nitrogens with one attached hydrogen (secondary N) is 1. The van der Waals surface area contributed by atoms with Gasteiger partial charge in [-0.15, -0.1) is 0 Å². The number of nitrogens with zero attached hydrogens (tertiary/aromatic N) is 1. The summed E-state index contributed by atoms with van der Waals surface area (Å²) in [6.07, 6.45) is 3.64. The molecule has 1 aliphatic carbocycles. The number of benzene rings is 3. The fourth-order valence-electron chi connectivity index (χ4n) is 4.04. The molecular formula is C24H22N2OS2. The summed E-state index contributed by atoms with van der Waals surface area (Å²) in [6.45, 7) is 0. The number of carbonyl (C=O) groups excluding carboxylic acids is 1. The molecule has 1 N–H and O–H groups in total. The van der Waals surface area contributed by atoms with Crippen molar-refractivity contribution in [2.24, 2.45) is 0 Å². The van der Waals surface area contributed by atoms with Crippen molar-refractivity contribution in [2.75, 3.05) is 11.1 Å². The van der Waals surface area contributed by atoms with Crippen LogP contribution in [0.1, 0.15) is 29.5 Å². The van der Waals surface area contributed by atoms with Crippen molar-refractivity contribution in [1.29, 1.82) is 0 Å². The average Bonchev–Trinajstić information content (AvgIpc) is 3.34. The van der Waals surface area contributed by atoms with Gasteiger partial charge >= 0.3 is 0 Å². The minimum absolute atomic E-state index is 0.0571. The lowest BCUT2D eigenvalue weighted by molar-refractivity contribution is -0.116. The Morgan fingerprint density at radius 2 is 1.93 bits per heavy atom. The highest BCUT2D eigenvalue weighted by Crippen LogP contribution is 2.39. The lowest BCUT2D eigenvalue weighted by Crippen LogP contribution is -2.11. The fraction of sp³-hybridized carbons (Fsp3) is 0.250. The predicted octanol–water partition coefficient (Wildman–Crippen LogP) is 6.20. The first kappa shape index (κ1) is 18.6. The molecule has 0 fully saturated rings. The number of aryl methyl sites for hydroxylation is 2. The Labute approximate surface area is 178 Å². The van der Waals surface area contributed by atoms with Crippen LogP contribution in [-0.4, -0.2) is 16.6 Å². The molecule has 146 valence electrons. The topological polar surface area (TPSA) is 42.0 Å². The van der Waals surface area contributed by atoms with Gasteiger partial charge in [-0.3, -0.25) is 4.79 Å². The van der Waals surface area contributed by atoms with Crippen LogP contribution in [0.3, 0.4) is 0 Å². The minimum Gasteiger partial charge on any atom is -0.302 e. The molecule has 1 aliphatic rings. The Morgan fingerprint density at radius 1 is 1.07 bits per heavy atom. The van der Waals surface area contributed by atoms with Crippen LogP contribution in [0, 0.1) is 0 Å². The number of amides is 1. The minimum atomic E-state index is 0.0571. The number of thioether (sulfide) groups is 1. The van der Waals surface area contributed by atoms with Gasteiger partial charge in [0.15, 0.2) is 5.13 Å². The molecule has 0 unspecified atom stereocenters. The summed E-state index contributed by atoms with van der Waals surface area (Å²) in [6, 6.07) is 19.2. The van der Waals surface area contributed by atoms with E-state index in [1.165, 1.54) is 32.2 Å². The molecular weight excluding hydrogens is 396 g/mol. The molecule has 29 heavy (non-hydrogen) atoms. The summed E-state index contributed by atoms with van der Waals surface area (Å²) < 4.78 is 1.17. The van der Waals surface area contributed by atoms with Crippen molar-refractivity contribution >= 4 is 55.1 Å². The molecule has 3 aromatic carbocycles. The maximum atomic E-state index is 12.4. The highest BCUT2D eigenvalue weighted by atomic mass is 32.2. The summed E-state index contributed by atoms with van der Waals surface area (Å²) in [4.78, 5) is 17.1. The zero-order chi connectivity index (χ0) is 19.6. The van der Waals surface area contributed by atoms with Crippen molar-refractivity contribution in [3.8, 4) is 0 Å². The van der Waals surface area contributed by atoms with E-state index < -0.39 is 0 Å². The number of hydrogen-bond donors (Lipinski definition) is 1. The number of hydrogen-bond acceptors (Lipinski definition) is 4. The first-order valence-electron chi connectivity index (χ1n) is 10.0. The van der Waals surface area contributed by atoms with Crippen LogP contribution < -0.4 is 5.32 Å². The van der Waals surface area contributed by atoms with E-state index in [4.69, 9.17) is 4.98 Å². The molecule has 0 saturated carbocycles. The van der Waals surface area contributed by atoms with Crippen molar-refractivity contribution < 1.29 is 4.79 Å². The van der Waals surface area contributed by atoms with Gasteiger partial charge in [0.2, 0.25) is 5.91 Å². The van der Waals surface area contributed by atoms with Crippen LogP contribution in [0.15, 0.2) is 54.6 Å². The first-order chi connectivity index (χ1) is 14.3. The molecule has 1 heterocycles. The molecule has 5 heteroatoms. The SMILES string of the molecule is O=C(CCCSCc1ccccc1)Nc1nc2c(cc3c4c(cccc42)CC3)s1. The summed E-state index contributed by atoms with van der Waals surface area (Å²) in [5.41, 5.74) is 5.19. The van der Waals surface area contributed by atoms with Gasteiger partial charge in [-0.2, -0.15) is 11.8 Å². The summed E-state index contributed by atoms with van der Waals surface area (Å²) >= 11 is 3.46. The van der Waals surface area contributed by atoms with Gasteiger partial charge in [0, 0.05) is 17.6 Å². The molecule has 3 nitrogen and oxygen atoms in total. The van der Waals surface area contributed by atoms with E-state index in [9.17, 15) is 4.79 Å². The van der Waals surface area contributed by atoms with Gasteiger partial charge in [0.25, 0.3) is 0 Å². The number of rotatable bonds is 7. The summed E-state index contributed by atoms with van der Waals surface area (Å²) in [5.74, 6) is 2.04. The highest BCUT2D eigenvalue weighted by Gasteiger charge is 2.18. The Balaban J connectivity index is 1.20. The second kappa shape index (κ2) is 8.17. The molecule has 0 saturated heterocycles. The largest absolute Gasteiger partial charge is 0.302 e. The maximum Gasteiger partial charge on any atom is 0.226 e. The van der Waals surface area contributed by atoms with E-state index in [0.717, 1.165) is 36.3 Å².